The molecule has 6 heteroatoms. The standard InChI is InChI=1S/C12H14N4O2/c13-6-4-7(5-6)14-9-3-1-2-8-10(9)12(18)16-15-11(8)17/h1-3,6-7,14H,4-5,13H2,(H,15,17)(H,16,18). The lowest BCUT2D eigenvalue weighted by Gasteiger charge is -2.34. The average Bonchev–Trinajstić information content (AvgIpc) is 2.32. The van der Waals surface area contributed by atoms with Gasteiger partial charge in [-0.05, 0) is 25.0 Å². The van der Waals surface area contributed by atoms with Gasteiger partial charge in [-0.1, -0.05) is 6.07 Å². The SMILES string of the molecule is NC1CC(Nc2cccc3c(=O)[nH][nH]c(=O)c23)C1. The van der Waals surface area contributed by atoms with Crippen LogP contribution in [0.5, 0.6) is 0 Å². The molecule has 0 spiro atoms. The van der Waals surface area contributed by atoms with Crippen LogP contribution in [-0.4, -0.2) is 22.3 Å². The third kappa shape index (κ3) is 1.70. The topological polar surface area (TPSA) is 104 Å². The van der Waals surface area contributed by atoms with Crippen molar-refractivity contribution >= 4 is 16.5 Å². The molecule has 1 fully saturated rings. The Labute approximate surface area is 102 Å². The normalized spacial score (nSPS) is 22.7. The fourth-order valence-electron chi connectivity index (χ4n) is 2.35. The largest absolute Gasteiger partial charge is 0.382 e. The van der Waals surface area contributed by atoms with E-state index in [1.807, 2.05) is 0 Å². The third-order valence-corrected chi connectivity index (χ3v) is 3.36. The summed E-state index contributed by atoms with van der Waals surface area (Å²) in [6, 6.07) is 5.73. The van der Waals surface area contributed by atoms with E-state index in [9.17, 15) is 9.59 Å². The maximum absolute atomic E-state index is 11.8. The second-order valence-electron chi connectivity index (χ2n) is 4.71. The summed E-state index contributed by atoms with van der Waals surface area (Å²) < 4.78 is 0. The van der Waals surface area contributed by atoms with Crippen molar-refractivity contribution in [2.24, 2.45) is 5.73 Å². The summed E-state index contributed by atoms with van der Waals surface area (Å²) in [6.07, 6.45) is 1.77. The van der Waals surface area contributed by atoms with Gasteiger partial charge in [0.2, 0.25) is 0 Å². The summed E-state index contributed by atoms with van der Waals surface area (Å²) in [7, 11) is 0. The number of fused-ring (bicyclic) bond motifs is 1. The van der Waals surface area contributed by atoms with Crippen molar-refractivity contribution < 1.29 is 0 Å². The molecule has 0 atom stereocenters. The molecule has 0 amide bonds. The first-order valence-electron chi connectivity index (χ1n) is 5.91. The Morgan fingerprint density at radius 1 is 1.17 bits per heavy atom. The van der Waals surface area contributed by atoms with Crippen molar-refractivity contribution in [3.63, 3.8) is 0 Å². The minimum absolute atomic E-state index is 0.235. The van der Waals surface area contributed by atoms with Crippen LogP contribution >= 0.6 is 0 Å². The minimum atomic E-state index is -0.295. The van der Waals surface area contributed by atoms with Crippen molar-refractivity contribution in [2.45, 2.75) is 24.9 Å². The molecule has 0 radical (unpaired) electrons. The quantitative estimate of drug-likeness (QED) is 0.604. The molecular formula is C12H14N4O2. The minimum Gasteiger partial charge on any atom is -0.382 e. The van der Waals surface area contributed by atoms with E-state index in [1.54, 1.807) is 18.2 Å². The smallest absolute Gasteiger partial charge is 0.272 e. The zero-order valence-corrected chi connectivity index (χ0v) is 9.69. The first-order valence-corrected chi connectivity index (χ1v) is 5.91. The molecule has 2 aromatic rings. The molecule has 18 heavy (non-hydrogen) atoms. The molecule has 1 aliphatic carbocycles. The maximum Gasteiger partial charge on any atom is 0.272 e. The monoisotopic (exact) mass is 246 g/mol. The Morgan fingerprint density at radius 3 is 2.61 bits per heavy atom. The Kier molecular flexibility index (Phi) is 2.45. The Balaban J connectivity index is 2.09. The van der Waals surface area contributed by atoms with Crippen molar-refractivity contribution in [3.05, 3.63) is 38.9 Å². The molecule has 1 saturated carbocycles. The number of aromatic amines is 2. The van der Waals surface area contributed by atoms with Gasteiger partial charge in [0.15, 0.2) is 0 Å². The maximum atomic E-state index is 11.8. The summed E-state index contributed by atoms with van der Waals surface area (Å²) in [5, 5.41) is 8.73. The van der Waals surface area contributed by atoms with Crippen LogP contribution in [0.1, 0.15) is 12.8 Å². The van der Waals surface area contributed by atoms with E-state index in [1.165, 1.54) is 0 Å². The van der Waals surface area contributed by atoms with Crippen LogP contribution in [0.2, 0.25) is 0 Å². The molecule has 0 bridgehead atoms. The van der Waals surface area contributed by atoms with E-state index in [4.69, 9.17) is 5.73 Å². The molecule has 0 aliphatic heterocycles. The third-order valence-electron chi connectivity index (χ3n) is 3.36. The first kappa shape index (κ1) is 11.0. The van der Waals surface area contributed by atoms with E-state index >= 15 is 0 Å². The molecule has 94 valence electrons. The van der Waals surface area contributed by atoms with Crippen LogP contribution in [-0.2, 0) is 0 Å². The molecule has 1 heterocycles. The van der Waals surface area contributed by atoms with E-state index in [-0.39, 0.29) is 23.2 Å². The first-order chi connectivity index (χ1) is 8.65. The van der Waals surface area contributed by atoms with Gasteiger partial charge in [-0.15, -0.1) is 0 Å². The predicted molar refractivity (Wildman–Crippen MR) is 69.8 cm³/mol. The summed E-state index contributed by atoms with van der Waals surface area (Å²) in [4.78, 5) is 23.4. The van der Waals surface area contributed by atoms with Crippen LogP contribution in [0.15, 0.2) is 27.8 Å². The van der Waals surface area contributed by atoms with Gasteiger partial charge in [0.05, 0.1) is 10.8 Å². The van der Waals surface area contributed by atoms with Gasteiger partial charge >= 0.3 is 0 Å². The highest BCUT2D eigenvalue weighted by Crippen LogP contribution is 2.25. The highest BCUT2D eigenvalue weighted by Gasteiger charge is 2.26. The molecule has 5 N–H and O–H groups in total. The van der Waals surface area contributed by atoms with Crippen LogP contribution in [0.4, 0.5) is 5.69 Å². The Morgan fingerprint density at radius 2 is 1.89 bits per heavy atom. The Bertz CT molecular complexity index is 697. The van der Waals surface area contributed by atoms with Crippen LogP contribution < -0.4 is 22.2 Å². The lowest BCUT2D eigenvalue weighted by atomic mass is 9.87. The number of hydrogen-bond donors (Lipinski definition) is 4. The second-order valence-corrected chi connectivity index (χ2v) is 4.71. The predicted octanol–water partition coefficient (Wildman–Crippen LogP) is 0.118. The van der Waals surface area contributed by atoms with Gasteiger partial charge in [0.1, 0.15) is 0 Å². The molecule has 1 aliphatic rings. The number of nitrogens with two attached hydrogens (primary N) is 1. The van der Waals surface area contributed by atoms with Crippen LogP contribution in [0, 0.1) is 0 Å². The number of H-pyrrole nitrogens is 2. The van der Waals surface area contributed by atoms with E-state index < -0.39 is 0 Å². The van der Waals surface area contributed by atoms with Gasteiger partial charge in [-0.3, -0.25) is 19.8 Å². The number of aromatic nitrogens is 2. The molecule has 3 rings (SSSR count). The number of nitrogens with one attached hydrogen (secondary N) is 3. The Hall–Kier alpha value is -2.08. The molecule has 0 saturated heterocycles. The second kappa shape index (κ2) is 3.99. The highest BCUT2D eigenvalue weighted by molar-refractivity contribution is 5.92. The zero-order valence-electron chi connectivity index (χ0n) is 9.69. The number of benzene rings is 1. The summed E-state index contributed by atoms with van der Waals surface area (Å²) in [5.74, 6) is 0. The van der Waals surface area contributed by atoms with Crippen molar-refractivity contribution in [1.29, 1.82) is 0 Å². The molecule has 6 nitrogen and oxygen atoms in total. The van der Waals surface area contributed by atoms with E-state index in [0.29, 0.717) is 16.5 Å². The summed E-state index contributed by atoms with van der Waals surface area (Å²) in [5.41, 5.74) is 5.83. The van der Waals surface area contributed by atoms with Gasteiger partial charge in [-0.2, -0.15) is 0 Å². The van der Waals surface area contributed by atoms with E-state index in [0.717, 1.165) is 12.8 Å². The number of rotatable bonds is 2. The average molecular weight is 246 g/mol. The van der Waals surface area contributed by atoms with Gasteiger partial charge < -0.3 is 11.1 Å². The summed E-state index contributed by atoms with van der Waals surface area (Å²) >= 11 is 0. The summed E-state index contributed by atoms with van der Waals surface area (Å²) in [6.45, 7) is 0. The van der Waals surface area contributed by atoms with Crippen molar-refractivity contribution in [1.82, 2.24) is 10.2 Å². The lowest BCUT2D eigenvalue weighted by Crippen LogP contribution is -2.44. The number of anilines is 1. The fraction of sp³-hybridized carbons (Fsp3) is 0.333. The van der Waals surface area contributed by atoms with Gasteiger partial charge in [0.25, 0.3) is 11.1 Å². The molecule has 1 aromatic heterocycles. The van der Waals surface area contributed by atoms with Crippen molar-refractivity contribution in [3.8, 4) is 0 Å². The fourth-order valence-corrected chi connectivity index (χ4v) is 2.35. The van der Waals surface area contributed by atoms with Crippen LogP contribution in [0.25, 0.3) is 10.8 Å². The molecular weight excluding hydrogens is 232 g/mol. The van der Waals surface area contributed by atoms with Crippen LogP contribution in [0.3, 0.4) is 0 Å². The zero-order chi connectivity index (χ0) is 12.7. The highest BCUT2D eigenvalue weighted by atomic mass is 16.1. The van der Waals surface area contributed by atoms with Crippen molar-refractivity contribution in [2.75, 3.05) is 5.32 Å². The van der Waals surface area contributed by atoms with Gasteiger partial charge in [0, 0.05) is 17.8 Å². The molecule has 1 aromatic carbocycles. The number of hydrogen-bond acceptors (Lipinski definition) is 4. The molecule has 0 unspecified atom stereocenters. The lowest BCUT2D eigenvalue weighted by molar-refractivity contribution is 0.374. The van der Waals surface area contributed by atoms with Gasteiger partial charge in [-0.25, -0.2) is 0 Å². The van der Waals surface area contributed by atoms with E-state index in [2.05, 4.69) is 15.5 Å².